The first kappa shape index (κ1) is 22.7. The predicted octanol–water partition coefficient (Wildman–Crippen LogP) is 1.84. The third-order valence-corrected chi connectivity index (χ3v) is 6.27. The zero-order chi connectivity index (χ0) is 24.9. The topological polar surface area (TPSA) is 117 Å². The maximum atomic E-state index is 13.7. The maximum Gasteiger partial charge on any atom is 0.332 e. The van der Waals surface area contributed by atoms with Crippen LogP contribution in [0.2, 0.25) is 0 Å². The Bertz CT molecular complexity index is 1700. The first-order valence-corrected chi connectivity index (χ1v) is 11.6. The summed E-state index contributed by atoms with van der Waals surface area (Å²) < 4.78 is 4.49. The summed E-state index contributed by atoms with van der Waals surface area (Å²) in [6.45, 7) is 4.96. The van der Waals surface area contributed by atoms with Crippen molar-refractivity contribution in [3.05, 3.63) is 69.1 Å². The number of hydrogen-bond donors (Lipinski definition) is 1. The number of anilines is 1. The van der Waals surface area contributed by atoms with Gasteiger partial charge >= 0.3 is 5.69 Å². The van der Waals surface area contributed by atoms with Crippen LogP contribution >= 0.6 is 0 Å². The van der Waals surface area contributed by atoms with E-state index in [1.165, 1.54) is 9.13 Å². The highest BCUT2D eigenvalue weighted by Gasteiger charge is 2.22. The smallest absolute Gasteiger partial charge is 0.332 e. The Morgan fingerprint density at radius 1 is 1.06 bits per heavy atom. The van der Waals surface area contributed by atoms with Gasteiger partial charge in [0.2, 0.25) is 5.95 Å². The van der Waals surface area contributed by atoms with Crippen molar-refractivity contribution in [2.45, 2.75) is 33.0 Å². The standard InChI is InChI=1S/C25H28N8O2/c1-5-32-21-22(29-24(32)30(3)13-15(2)26)31(4)25(35)33(23(21)34)14-19-17-10-8-12-27-20(17)16-9-6-7-11-18(16)28-19/h6-12,15H,5,13-14,26H2,1-4H3. The van der Waals surface area contributed by atoms with E-state index in [4.69, 9.17) is 10.7 Å². The number of para-hydroxylation sites is 1. The van der Waals surface area contributed by atoms with Gasteiger partial charge in [-0.2, -0.15) is 4.98 Å². The first-order valence-electron chi connectivity index (χ1n) is 11.6. The predicted molar refractivity (Wildman–Crippen MR) is 138 cm³/mol. The van der Waals surface area contributed by atoms with Crippen molar-refractivity contribution in [1.82, 2.24) is 28.7 Å². The van der Waals surface area contributed by atoms with Gasteiger partial charge in [-0.15, -0.1) is 0 Å². The number of aromatic nitrogens is 6. The molecule has 0 bridgehead atoms. The molecule has 0 saturated heterocycles. The minimum absolute atomic E-state index is 0.0222. The van der Waals surface area contributed by atoms with E-state index in [0.29, 0.717) is 35.9 Å². The number of fused-ring (bicyclic) bond motifs is 4. The number of pyridine rings is 2. The van der Waals surface area contributed by atoms with Crippen molar-refractivity contribution in [1.29, 1.82) is 0 Å². The molecule has 0 radical (unpaired) electrons. The third-order valence-electron chi connectivity index (χ3n) is 6.27. The van der Waals surface area contributed by atoms with Crippen LogP contribution in [0.3, 0.4) is 0 Å². The summed E-state index contributed by atoms with van der Waals surface area (Å²) in [4.78, 5) is 43.0. The molecule has 4 aromatic heterocycles. The molecule has 0 amide bonds. The van der Waals surface area contributed by atoms with Crippen molar-refractivity contribution >= 4 is 38.9 Å². The molecule has 35 heavy (non-hydrogen) atoms. The van der Waals surface area contributed by atoms with Crippen LogP contribution < -0.4 is 21.9 Å². The van der Waals surface area contributed by atoms with Gasteiger partial charge in [-0.05, 0) is 32.0 Å². The zero-order valence-electron chi connectivity index (χ0n) is 20.3. The molecule has 0 aliphatic heterocycles. The lowest BCUT2D eigenvalue weighted by Gasteiger charge is -2.20. The van der Waals surface area contributed by atoms with Crippen molar-refractivity contribution in [3.63, 3.8) is 0 Å². The lowest BCUT2D eigenvalue weighted by atomic mass is 10.1. The Hall–Kier alpha value is -4.05. The molecular weight excluding hydrogens is 444 g/mol. The van der Waals surface area contributed by atoms with E-state index in [-0.39, 0.29) is 12.6 Å². The van der Waals surface area contributed by atoms with Gasteiger partial charge in [0, 0.05) is 50.2 Å². The Balaban J connectivity index is 1.74. The number of nitrogens with zero attached hydrogens (tertiary/aromatic N) is 7. The van der Waals surface area contributed by atoms with E-state index in [1.54, 1.807) is 13.2 Å². The molecule has 10 heteroatoms. The summed E-state index contributed by atoms with van der Waals surface area (Å²) in [6, 6.07) is 11.4. The molecule has 0 saturated carbocycles. The molecule has 5 rings (SSSR count). The van der Waals surface area contributed by atoms with Crippen molar-refractivity contribution in [2.75, 3.05) is 18.5 Å². The van der Waals surface area contributed by atoms with Crippen LogP contribution in [-0.4, -0.2) is 48.3 Å². The number of likely N-dealkylation sites (N-methyl/N-ethyl adjacent to an activating group) is 1. The minimum Gasteiger partial charge on any atom is -0.344 e. The second-order valence-electron chi connectivity index (χ2n) is 8.89. The molecule has 0 spiro atoms. The summed E-state index contributed by atoms with van der Waals surface area (Å²) in [7, 11) is 3.52. The van der Waals surface area contributed by atoms with E-state index in [0.717, 1.165) is 21.8 Å². The lowest BCUT2D eigenvalue weighted by molar-refractivity contribution is 0.645. The second-order valence-corrected chi connectivity index (χ2v) is 8.89. The monoisotopic (exact) mass is 472 g/mol. The normalized spacial score (nSPS) is 12.6. The summed E-state index contributed by atoms with van der Waals surface area (Å²) in [6.07, 6.45) is 1.73. The fraction of sp³-hybridized carbons (Fsp3) is 0.320. The van der Waals surface area contributed by atoms with Crippen LogP contribution in [0.15, 0.2) is 52.2 Å². The van der Waals surface area contributed by atoms with Crippen molar-refractivity contribution in [3.8, 4) is 0 Å². The third kappa shape index (κ3) is 3.66. The largest absolute Gasteiger partial charge is 0.344 e. The maximum absolute atomic E-state index is 13.7. The summed E-state index contributed by atoms with van der Waals surface area (Å²) in [5.74, 6) is 0.600. The average Bonchev–Trinajstić information content (AvgIpc) is 3.25. The van der Waals surface area contributed by atoms with Gasteiger partial charge in [-0.25, -0.2) is 4.79 Å². The molecule has 0 aliphatic rings. The first-order chi connectivity index (χ1) is 16.8. The molecule has 1 unspecified atom stereocenters. The molecule has 2 N–H and O–H groups in total. The van der Waals surface area contributed by atoms with Gasteiger partial charge < -0.3 is 15.2 Å². The SMILES string of the molecule is CCn1c(N(C)CC(C)N)nc2c1c(=O)n(Cc1nc3ccccc3c3ncccc13)c(=O)n2C. The van der Waals surface area contributed by atoms with Crippen molar-refractivity contribution < 1.29 is 0 Å². The highest BCUT2D eigenvalue weighted by molar-refractivity contribution is 6.04. The lowest BCUT2D eigenvalue weighted by Crippen LogP contribution is -2.40. The molecule has 180 valence electrons. The molecule has 10 nitrogen and oxygen atoms in total. The second kappa shape index (κ2) is 8.62. The Morgan fingerprint density at radius 2 is 1.80 bits per heavy atom. The molecule has 0 fully saturated rings. The minimum atomic E-state index is -0.448. The number of benzene rings is 1. The highest BCUT2D eigenvalue weighted by atomic mass is 16.2. The molecular formula is C25H28N8O2. The number of rotatable bonds is 6. The van der Waals surface area contributed by atoms with E-state index in [2.05, 4.69) is 9.97 Å². The number of imidazole rings is 1. The number of aryl methyl sites for hydroxylation is 2. The summed E-state index contributed by atoms with van der Waals surface area (Å²) in [5.41, 5.74) is 8.03. The van der Waals surface area contributed by atoms with Gasteiger partial charge in [0.15, 0.2) is 11.2 Å². The summed E-state index contributed by atoms with van der Waals surface area (Å²) in [5, 5.41) is 1.73. The summed E-state index contributed by atoms with van der Waals surface area (Å²) >= 11 is 0. The number of nitrogens with two attached hydrogens (primary N) is 1. The average molecular weight is 473 g/mol. The van der Waals surface area contributed by atoms with Gasteiger partial charge in [0.05, 0.1) is 23.3 Å². The fourth-order valence-electron chi connectivity index (χ4n) is 4.70. The Morgan fingerprint density at radius 3 is 2.54 bits per heavy atom. The van der Waals surface area contributed by atoms with E-state index in [1.807, 2.05) is 66.8 Å². The molecule has 1 atom stereocenters. The molecule has 1 aromatic carbocycles. The molecule has 5 aromatic rings. The molecule has 4 heterocycles. The van der Waals surface area contributed by atoms with E-state index < -0.39 is 11.2 Å². The van der Waals surface area contributed by atoms with Gasteiger partial charge in [-0.3, -0.25) is 23.9 Å². The zero-order valence-corrected chi connectivity index (χ0v) is 20.3. The Labute approximate surface area is 201 Å². The van der Waals surface area contributed by atoms with Crippen molar-refractivity contribution in [2.24, 2.45) is 12.8 Å². The fourth-order valence-corrected chi connectivity index (χ4v) is 4.70. The van der Waals surface area contributed by atoms with Crippen LogP contribution in [0, 0.1) is 0 Å². The quantitative estimate of drug-likeness (QED) is 0.375. The Kier molecular flexibility index (Phi) is 5.60. The molecule has 0 aliphatic carbocycles. The van der Waals surface area contributed by atoms with Gasteiger partial charge in [0.25, 0.3) is 5.56 Å². The van der Waals surface area contributed by atoms with Gasteiger partial charge in [-0.1, -0.05) is 18.2 Å². The van der Waals surface area contributed by atoms with E-state index in [9.17, 15) is 9.59 Å². The number of hydrogen-bond acceptors (Lipinski definition) is 7. The van der Waals surface area contributed by atoms with Crippen LogP contribution in [0.1, 0.15) is 19.5 Å². The van der Waals surface area contributed by atoms with E-state index >= 15 is 0 Å². The highest BCUT2D eigenvalue weighted by Crippen LogP contribution is 2.25. The van der Waals surface area contributed by atoms with Crippen LogP contribution in [0.25, 0.3) is 33.0 Å². The van der Waals surface area contributed by atoms with Crippen LogP contribution in [-0.2, 0) is 20.1 Å². The van der Waals surface area contributed by atoms with Gasteiger partial charge in [0.1, 0.15) is 0 Å². The van der Waals surface area contributed by atoms with Crippen LogP contribution in [0.4, 0.5) is 5.95 Å². The van der Waals surface area contributed by atoms with Crippen LogP contribution in [0.5, 0.6) is 0 Å².